The summed E-state index contributed by atoms with van der Waals surface area (Å²) < 4.78 is 0. The van der Waals surface area contributed by atoms with Crippen LogP contribution in [0.5, 0.6) is 0 Å². The highest BCUT2D eigenvalue weighted by molar-refractivity contribution is 5.85. The minimum atomic E-state index is 0. The summed E-state index contributed by atoms with van der Waals surface area (Å²) in [7, 11) is 0. The molecule has 0 unspecified atom stereocenters. The molecular weight excluding hydrogens is 194 g/mol. The van der Waals surface area contributed by atoms with Crippen LogP contribution < -0.4 is 6.15 Å². The van der Waals surface area contributed by atoms with Crippen molar-refractivity contribution in [2.45, 2.75) is 78.1 Å². The SMILES string of the molecule is CCCCCCCCCCCC.Cl.N. The van der Waals surface area contributed by atoms with Gasteiger partial charge in [0.25, 0.3) is 0 Å². The van der Waals surface area contributed by atoms with Gasteiger partial charge in [-0.1, -0.05) is 78.1 Å². The van der Waals surface area contributed by atoms with Gasteiger partial charge < -0.3 is 6.15 Å². The van der Waals surface area contributed by atoms with E-state index in [1.165, 1.54) is 64.2 Å². The molecule has 1 nitrogen and oxygen atoms in total. The van der Waals surface area contributed by atoms with Gasteiger partial charge in [0.05, 0.1) is 0 Å². The molecule has 0 aliphatic heterocycles. The van der Waals surface area contributed by atoms with Gasteiger partial charge in [-0.05, 0) is 0 Å². The predicted octanol–water partition coefficient (Wildman–Crippen LogP) is 5.51. The van der Waals surface area contributed by atoms with Crippen molar-refractivity contribution in [3.05, 3.63) is 0 Å². The summed E-state index contributed by atoms with van der Waals surface area (Å²) in [6.45, 7) is 4.56. The lowest BCUT2D eigenvalue weighted by molar-refractivity contribution is 0.562. The lowest BCUT2D eigenvalue weighted by Gasteiger charge is -1.99. The standard InChI is InChI=1S/C12H26.ClH.H3N/c1-3-5-7-9-11-12-10-8-6-4-2;;/h3-12H2,1-2H3;1H;1H3. The lowest BCUT2D eigenvalue weighted by Crippen LogP contribution is -1.80. The molecule has 0 aliphatic carbocycles. The Morgan fingerprint density at radius 1 is 0.500 bits per heavy atom. The summed E-state index contributed by atoms with van der Waals surface area (Å²) in [5.74, 6) is 0. The highest BCUT2D eigenvalue weighted by atomic mass is 35.5. The van der Waals surface area contributed by atoms with Crippen LogP contribution in [0, 0.1) is 0 Å². The van der Waals surface area contributed by atoms with Crippen LogP contribution in [0.1, 0.15) is 78.1 Å². The monoisotopic (exact) mass is 223 g/mol. The smallest absolute Gasteiger partial charge is 0.0533 e. The maximum absolute atomic E-state index is 2.28. The first-order valence-corrected chi connectivity index (χ1v) is 5.91. The van der Waals surface area contributed by atoms with Gasteiger partial charge in [-0.3, -0.25) is 0 Å². The first kappa shape index (κ1) is 19.8. The van der Waals surface area contributed by atoms with Crippen molar-refractivity contribution in [2.24, 2.45) is 0 Å². The molecule has 0 aromatic rings. The van der Waals surface area contributed by atoms with Gasteiger partial charge in [0.1, 0.15) is 0 Å². The quantitative estimate of drug-likeness (QED) is 0.514. The predicted molar refractivity (Wildman–Crippen MR) is 69.8 cm³/mol. The van der Waals surface area contributed by atoms with Crippen molar-refractivity contribution in [3.63, 3.8) is 0 Å². The largest absolute Gasteiger partial charge is 0.344 e. The van der Waals surface area contributed by atoms with E-state index in [9.17, 15) is 0 Å². The molecule has 0 atom stereocenters. The Kier molecular flexibility index (Phi) is 26.7. The third kappa shape index (κ3) is 18.1. The topological polar surface area (TPSA) is 35.0 Å². The first-order valence-electron chi connectivity index (χ1n) is 5.91. The number of unbranched alkanes of at least 4 members (excludes halogenated alkanes) is 9. The summed E-state index contributed by atoms with van der Waals surface area (Å²) in [5.41, 5.74) is 0. The second kappa shape index (κ2) is 18.9. The van der Waals surface area contributed by atoms with E-state index in [0.717, 1.165) is 0 Å². The Labute approximate surface area is 97.0 Å². The van der Waals surface area contributed by atoms with Crippen LogP contribution >= 0.6 is 12.4 Å². The fraction of sp³-hybridized carbons (Fsp3) is 1.00. The summed E-state index contributed by atoms with van der Waals surface area (Å²) in [6, 6.07) is 0. The second-order valence-corrected chi connectivity index (χ2v) is 3.83. The Morgan fingerprint density at radius 2 is 0.714 bits per heavy atom. The zero-order valence-electron chi connectivity index (χ0n) is 10.2. The summed E-state index contributed by atoms with van der Waals surface area (Å²) in [6.07, 6.45) is 14.4. The summed E-state index contributed by atoms with van der Waals surface area (Å²) >= 11 is 0. The van der Waals surface area contributed by atoms with Crippen LogP contribution in [0.4, 0.5) is 0 Å². The van der Waals surface area contributed by atoms with Gasteiger partial charge in [-0.25, -0.2) is 0 Å². The average Bonchev–Trinajstić information content (AvgIpc) is 2.10. The van der Waals surface area contributed by atoms with Crippen LogP contribution in [0.25, 0.3) is 0 Å². The molecule has 0 aliphatic rings. The molecule has 0 bridgehead atoms. The molecular formula is C12H30ClN. The Morgan fingerprint density at radius 3 is 0.929 bits per heavy atom. The van der Waals surface area contributed by atoms with E-state index >= 15 is 0 Å². The first-order chi connectivity index (χ1) is 5.91. The zero-order valence-corrected chi connectivity index (χ0v) is 11.0. The molecule has 0 rings (SSSR count). The van der Waals surface area contributed by atoms with E-state index in [1.807, 2.05) is 0 Å². The van der Waals surface area contributed by atoms with Crippen molar-refractivity contribution >= 4 is 12.4 Å². The average molecular weight is 224 g/mol. The maximum atomic E-state index is 2.28. The zero-order chi connectivity index (χ0) is 9.07. The van der Waals surface area contributed by atoms with E-state index in [0.29, 0.717) is 0 Å². The van der Waals surface area contributed by atoms with Crippen LogP contribution in [0.15, 0.2) is 0 Å². The van der Waals surface area contributed by atoms with Crippen LogP contribution in [0.3, 0.4) is 0 Å². The third-order valence-electron chi connectivity index (χ3n) is 2.46. The highest BCUT2D eigenvalue weighted by Crippen LogP contribution is 2.09. The molecule has 3 N–H and O–H groups in total. The Bertz CT molecular complexity index is 66.7. The molecule has 0 saturated heterocycles. The maximum Gasteiger partial charge on any atom is -0.0533 e. The number of hydrogen-bond donors (Lipinski definition) is 1. The normalized spacial score (nSPS) is 9.00. The van der Waals surface area contributed by atoms with Gasteiger partial charge in [0, 0.05) is 0 Å². The molecule has 0 spiro atoms. The molecule has 0 fully saturated rings. The van der Waals surface area contributed by atoms with E-state index in [2.05, 4.69) is 13.8 Å². The number of hydrogen-bond acceptors (Lipinski definition) is 1. The Balaban J connectivity index is -0.000000605. The Hall–Kier alpha value is 0.250. The minimum absolute atomic E-state index is 0. The number of rotatable bonds is 9. The van der Waals surface area contributed by atoms with Crippen molar-refractivity contribution in [1.29, 1.82) is 0 Å². The fourth-order valence-corrected chi connectivity index (χ4v) is 1.56. The second-order valence-electron chi connectivity index (χ2n) is 3.83. The van der Waals surface area contributed by atoms with Gasteiger partial charge in [-0.2, -0.15) is 0 Å². The summed E-state index contributed by atoms with van der Waals surface area (Å²) in [4.78, 5) is 0. The third-order valence-corrected chi connectivity index (χ3v) is 2.46. The van der Waals surface area contributed by atoms with E-state index in [1.54, 1.807) is 0 Å². The van der Waals surface area contributed by atoms with E-state index in [4.69, 9.17) is 0 Å². The van der Waals surface area contributed by atoms with Gasteiger partial charge in [-0.15, -0.1) is 12.4 Å². The molecule has 14 heavy (non-hydrogen) atoms. The minimum Gasteiger partial charge on any atom is -0.344 e. The van der Waals surface area contributed by atoms with Gasteiger partial charge in [0.15, 0.2) is 0 Å². The van der Waals surface area contributed by atoms with Crippen molar-refractivity contribution < 1.29 is 0 Å². The van der Waals surface area contributed by atoms with E-state index in [-0.39, 0.29) is 18.6 Å². The van der Waals surface area contributed by atoms with Gasteiger partial charge >= 0.3 is 0 Å². The molecule has 0 aromatic heterocycles. The van der Waals surface area contributed by atoms with Crippen molar-refractivity contribution in [2.75, 3.05) is 0 Å². The highest BCUT2D eigenvalue weighted by Gasteiger charge is 1.90. The van der Waals surface area contributed by atoms with Crippen LogP contribution in [-0.4, -0.2) is 0 Å². The number of halogens is 1. The molecule has 0 aromatic carbocycles. The van der Waals surface area contributed by atoms with Crippen LogP contribution in [0.2, 0.25) is 0 Å². The van der Waals surface area contributed by atoms with Crippen molar-refractivity contribution in [1.82, 2.24) is 6.15 Å². The van der Waals surface area contributed by atoms with E-state index < -0.39 is 0 Å². The van der Waals surface area contributed by atoms with Gasteiger partial charge in [0.2, 0.25) is 0 Å². The van der Waals surface area contributed by atoms with Crippen molar-refractivity contribution in [3.8, 4) is 0 Å². The molecule has 90 valence electrons. The lowest BCUT2D eigenvalue weighted by atomic mass is 10.1. The molecule has 2 heteroatoms. The summed E-state index contributed by atoms with van der Waals surface area (Å²) in [5, 5.41) is 0. The van der Waals surface area contributed by atoms with Crippen LogP contribution in [-0.2, 0) is 0 Å². The molecule has 0 radical (unpaired) electrons. The molecule has 0 heterocycles. The fourth-order valence-electron chi connectivity index (χ4n) is 1.56. The molecule has 0 amide bonds. The molecule has 0 saturated carbocycles.